The molecule has 0 atom stereocenters. The number of alkyl halides is 4. The SMILES string of the molecule is [C-]#[N+]c1nn(-c2c(Cl)cc(C(F)(F)F)cc2Cl)c2[nH]c(=O)cc(CCl)c12. The second-order valence-electron chi connectivity index (χ2n) is 5.15. The van der Waals surface area contributed by atoms with Crippen LogP contribution in [0.25, 0.3) is 21.6 Å². The Morgan fingerprint density at radius 2 is 1.85 bits per heavy atom. The van der Waals surface area contributed by atoms with E-state index in [1.54, 1.807) is 0 Å². The summed E-state index contributed by atoms with van der Waals surface area (Å²) in [6, 6.07) is 2.60. The molecular formula is C15H6Cl3F3N4O. The molecule has 0 aliphatic rings. The van der Waals surface area contributed by atoms with Crippen LogP contribution in [-0.4, -0.2) is 14.8 Å². The first-order valence-corrected chi connectivity index (χ1v) is 8.11. The molecule has 1 aromatic carbocycles. The number of H-pyrrole nitrogens is 1. The van der Waals surface area contributed by atoms with Crippen molar-refractivity contribution in [1.82, 2.24) is 14.8 Å². The van der Waals surface area contributed by atoms with Gasteiger partial charge in [0.2, 0.25) is 5.56 Å². The summed E-state index contributed by atoms with van der Waals surface area (Å²) in [6.07, 6.45) is -4.64. The fourth-order valence-corrected chi connectivity index (χ4v) is 3.34. The van der Waals surface area contributed by atoms with Gasteiger partial charge in [-0.25, -0.2) is 0 Å². The van der Waals surface area contributed by atoms with Gasteiger partial charge in [-0.15, -0.1) is 16.3 Å². The minimum absolute atomic E-state index is 0.0581. The molecule has 1 N–H and O–H groups in total. The zero-order valence-electron chi connectivity index (χ0n) is 12.5. The Kier molecular flexibility index (Phi) is 4.65. The Morgan fingerprint density at radius 1 is 1.23 bits per heavy atom. The van der Waals surface area contributed by atoms with E-state index >= 15 is 0 Å². The molecule has 134 valence electrons. The average molecular weight is 422 g/mol. The Labute approximate surface area is 158 Å². The Bertz CT molecular complexity index is 1110. The van der Waals surface area contributed by atoms with Crippen LogP contribution in [0.2, 0.25) is 10.0 Å². The highest BCUT2D eigenvalue weighted by molar-refractivity contribution is 6.38. The van der Waals surface area contributed by atoms with Gasteiger partial charge in [-0.2, -0.15) is 13.2 Å². The van der Waals surface area contributed by atoms with E-state index < -0.39 is 17.3 Å². The third-order valence-electron chi connectivity index (χ3n) is 3.54. The van der Waals surface area contributed by atoms with Crippen molar-refractivity contribution in [2.45, 2.75) is 12.1 Å². The summed E-state index contributed by atoms with van der Waals surface area (Å²) in [6.45, 7) is 7.25. The summed E-state index contributed by atoms with van der Waals surface area (Å²) in [5.74, 6) is -0.165. The zero-order valence-corrected chi connectivity index (χ0v) is 14.7. The van der Waals surface area contributed by atoms with Gasteiger partial charge >= 0.3 is 12.0 Å². The summed E-state index contributed by atoms with van der Waals surface area (Å²) >= 11 is 17.8. The van der Waals surface area contributed by atoms with Gasteiger partial charge in [0.15, 0.2) is 5.65 Å². The number of pyridine rings is 1. The van der Waals surface area contributed by atoms with E-state index in [0.717, 1.165) is 4.68 Å². The number of aromatic amines is 1. The number of aromatic nitrogens is 3. The van der Waals surface area contributed by atoms with E-state index in [9.17, 15) is 18.0 Å². The van der Waals surface area contributed by atoms with Gasteiger partial charge in [0.25, 0.3) is 0 Å². The molecule has 0 aliphatic carbocycles. The van der Waals surface area contributed by atoms with Gasteiger partial charge in [-0.1, -0.05) is 29.8 Å². The highest BCUT2D eigenvalue weighted by Gasteiger charge is 2.33. The number of nitrogens with one attached hydrogen (secondary N) is 1. The third kappa shape index (κ3) is 3.03. The van der Waals surface area contributed by atoms with Crippen molar-refractivity contribution in [3.63, 3.8) is 0 Å². The Balaban J connectivity index is 2.39. The molecule has 0 aliphatic heterocycles. The number of hydrogen-bond donors (Lipinski definition) is 1. The van der Waals surface area contributed by atoms with Crippen LogP contribution in [-0.2, 0) is 12.1 Å². The van der Waals surface area contributed by atoms with Crippen LogP contribution in [0, 0.1) is 6.57 Å². The Hall–Kier alpha value is -2.21. The summed E-state index contributed by atoms with van der Waals surface area (Å²) in [4.78, 5) is 17.6. The monoisotopic (exact) mass is 420 g/mol. The zero-order chi connectivity index (χ0) is 19.2. The van der Waals surface area contributed by atoms with Crippen molar-refractivity contribution < 1.29 is 13.2 Å². The number of fused-ring (bicyclic) bond motifs is 1. The van der Waals surface area contributed by atoms with Crippen LogP contribution in [0.4, 0.5) is 19.0 Å². The van der Waals surface area contributed by atoms with Crippen LogP contribution >= 0.6 is 34.8 Å². The van der Waals surface area contributed by atoms with Gasteiger partial charge in [-0.05, 0) is 22.8 Å². The summed E-state index contributed by atoms with van der Waals surface area (Å²) in [7, 11) is 0. The first kappa shape index (κ1) is 18.6. The molecule has 0 saturated carbocycles. The molecule has 0 saturated heterocycles. The first-order valence-electron chi connectivity index (χ1n) is 6.82. The third-order valence-corrected chi connectivity index (χ3v) is 4.41. The minimum atomic E-state index is -4.64. The highest BCUT2D eigenvalue weighted by Crippen LogP contribution is 2.39. The van der Waals surface area contributed by atoms with Crippen LogP contribution in [0.5, 0.6) is 0 Å². The van der Waals surface area contributed by atoms with Crippen LogP contribution in [0.15, 0.2) is 23.0 Å². The number of nitrogens with zero attached hydrogens (tertiary/aromatic N) is 3. The van der Waals surface area contributed by atoms with E-state index in [0.29, 0.717) is 17.7 Å². The van der Waals surface area contributed by atoms with Crippen molar-refractivity contribution in [3.05, 3.63) is 61.1 Å². The highest BCUT2D eigenvalue weighted by atomic mass is 35.5. The van der Waals surface area contributed by atoms with Crippen molar-refractivity contribution in [2.75, 3.05) is 0 Å². The predicted octanol–water partition coefficient (Wildman–Crippen LogP) is 5.33. The molecule has 0 fully saturated rings. The topological polar surface area (TPSA) is 55.0 Å². The van der Waals surface area contributed by atoms with Crippen LogP contribution in [0.3, 0.4) is 0 Å². The van der Waals surface area contributed by atoms with Crippen LogP contribution in [0.1, 0.15) is 11.1 Å². The molecule has 2 heterocycles. The lowest BCUT2D eigenvalue weighted by atomic mass is 10.2. The largest absolute Gasteiger partial charge is 0.416 e. The maximum absolute atomic E-state index is 12.9. The molecule has 0 unspecified atom stereocenters. The molecule has 0 amide bonds. The molecule has 11 heteroatoms. The molecule has 26 heavy (non-hydrogen) atoms. The lowest BCUT2D eigenvalue weighted by Crippen LogP contribution is -2.10. The second kappa shape index (κ2) is 6.50. The Morgan fingerprint density at radius 3 is 2.35 bits per heavy atom. The molecule has 3 rings (SSSR count). The second-order valence-corrected chi connectivity index (χ2v) is 6.23. The van der Waals surface area contributed by atoms with Gasteiger partial charge in [0.05, 0.1) is 21.0 Å². The fourth-order valence-electron chi connectivity index (χ4n) is 2.48. The van der Waals surface area contributed by atoms with E-state index in [-0.39, 0.29) is 38.5 Å². The molecule has 5 nitrogen and oxygen atoms in total. The van der Waals surface area contributed by atoms with Crippen LogP contribution < -0.4 is 5.56 Å². The van der Waals surface area contributed by atoms with E-state index in [1.807, 2.05) is 0 Å². The summed E-state index contributed by atoms with van der Waals surface area (Å²) in [5.41, 5.74) is -1.24. The smallest absolute Gasteiger partial charge is 0.358 e. The van der Waals surface area contributed by atoms with Gasteiger partial charge in [-0.3, -0.25) is 4.79 Å². The van der Waals surface area contributed by atoms with Crippen molar-refractivity contribution in [3.8, 4) is 5.69 Å². The van der Waals surface area contributed by atoms with Gasteiger partial charge in [0.1, 0.15) is 5.69 Å². The standard InChI is InChI=1S/C15H6Cl3F3N4O/c1-22-13-11-6(5-16)2-10(26)23-14(11)25(24-13)12-8(17)3-7(4-9(12)18)15(19,20)21/h2-4H,5H2,(H,23,26). The maximum atomic E-state index is 12.9. The van der Waals surface area contributed by atoms with E-state index in [1.165, 1.54) is 6.07 Å². The van der Waals surface area contributed by atoms with Crippen molar-refractivity contribution >= 4 is 51.7 Å². The lowest BCUT2D eigenvalue weighted by Gasteiger charge is -2.11. The normalized spacial score (nSPS) is 11.7. The quantitative estimate of drug-likeness (QED) is 0.449. The average Bonchev–Trinajstić information content (AvgIpc) is 2.91. The molecule has 2 aromatic heterocycles. The number of hydrogen-bond acceptors (Lipinski definition) is 2. The molecule has 0 spiro atoms. The predicted molar refractivity (Wildman–Crippen MR) is 92.5 cm³/mol. The van der Waals surface area contributed by atoms with E-state index in [2.05, 4.69) is 14.9 Å². The number of rotatable bonds is 2. The summed E-state index contributed by atoms with van der Waals surface area (Å²) < 4.78 is 39.7. The van der Waals surface area contributed by atoms with Gasteiger partial charge in [0, 0.05) is 11.9 Å². The summed E-state index contributed by atoms with van der Waals surface area (Å²) in [5, 5.41) is 3.60. The molecule has 3 aromatic rings. The van der Waals surface area contributed by atoms with Gasteiger partial charge < -0.3 is 9.83 Å². The maximum Gasteiger partial charge on any atom is 0.416 e. The van der Waals surface area contributed by atoms with Crippen molar-refractivity contribution in [1.29, 1.82) is 0 Å². The van der Waals surface area contributed by atoms with Crippen molar-refractivity contribution in [2.24, 2.45) is 0 Å². The van der Waals surface area contributed by atoms with E-state index in [4.69, 9.17) is 41.4 Å². The number of benzene rings is 1. The molecule has 0 radical (unpaired) electrons. The minimum Gasteiger partial charge on any atom is -0.358 e. The molecule has 0 bridgehead atoms. The molecular weight excluding hydrogens is 416 g/mol. The lowest BCUT2D eigenvalue weighted by molar-refractivity contribution is -0.137. The fraction of sp³-hybridized carbons (Fsp3) is 0.133. The number of halogens is 6. The first-order chi connectivity index (χ1) is 12.2.